The molecular weight excluding hydrogens is 376 g/mol. The lowest BCUT2D eigenvalue weighted by atomic mass is 9.66. The first-order valence-corrected chi connectivity index (χ1v) is 11.8. The van der Waals surface area contributed by atoms with Crippen molar-refractivity contribution in [1.29, 1.82) is 0 Å². The molecule has 2 heteroatoms. The number of fused-ring (bicyclic) bond motifs is 6. The maximum atomic E-state index is 4.70. The van der Waals surface area contributed by atoms with Gasteiger partial charge in [-0.05, 0) is 49.8 Å². The average molecular weight is 401 g/mol. The molecular formula is C26H24S2. The third-order valence-electron chi connectivity index (χ3n) is 6.20. The van der Waals surface area contributed by atoms with E-state index < -0.39 is 0 Å². The molecule has 3 aliphatic rings. The minimum atomic E-state index is -0.115. The van der Waals surface area contributed by atoms with E-state index in [1.165, 1.54) is 32.0 Å². The zero-order chi connectivity index (χ0) is 19.1. The van der Waals surface area contributed by atoms with Crippen molar-refractivity contribution in [3.63, 3.8) is 0 Å². The summed E-state index contributed by atoms with van der Waals surface area (Å²) in [6, 6.07) is 18.1. The Morgan fingerprint density at radius 2 is 1.64 bits per heavy atom. The Balaban J connectivity index is 1.91. The molecule has 0 radical (unpaired) electrons. The van der Waals surface area contributed by atoms with Gasteiger partial charge in [0.15, 0.2) is 0 Å². The molecule has 2 atom stereocenters. The van der Waals surface area contributed by atoms with E-state index in [1.807, 2.05) is 0 Å². The monoisotopic (exact) mass is 400 g/mol. The normalized spacial score (nSPS) is 27.5. The number of rotatable bonds is 0. The molecule has 0 aromatic heterocycles. The summed E-state index contributed by atoms with van der Waals surface area (Å²) >= 11 is 4.70. The van der Waals surface area contributed by atoms with E-state index in [9.17, 15) is 0 Å². The third kappa shape index (κ3) is 2.58. The molecule has 28 heavy (non-hydrogen) atoms. The van der Waals surface area contributed by atoms with Crippen molar-refractivity contribution in [3.8, 4) is 11.1 Å². The smallest absolute Gasteiger partial charge is 0.0578 e. The number of thiol groups is 1. The van der Waals surface area contributed by atoms with Gasteiger partial charge in [0.05, 0.1) is 5.41 Å². The molecule has 5 rings (SSSR count). The van der Waals surface area contributed by atoms with Gasteiger partial charge >= 0.3 is 0 Å². The highest BCUT2D eigenvalue weighted by Gasteiger charge is 2.49. The van der Waals surface area contributed by atoms with Crippen LogP contribution in [0.4, 0.5) is 0 Å². The predicted octanol–water partition coefficient (Wildman–Crippen LogP) is 6.89. The Morgan fingerprint density at radius 1 is 0.964 bits per heavy atom. The van der Waals surface area contributed by atoms with Gasteiger partial charge in [-0.2, -0.15) is 10.5 Å². The summed E-state index contributed by atoms with van der Waals surface area (Å²) in [5.41, 5.74) is 5.57. The van der Waals surface area contributed by atoms with Crippen LogP contribution in [0.3, 0.4) is 0 Å². The van der Waals surface area contributed by atoms with Crippen molar-refractivity contribution in [3.05, 3.63) is 106 Å². The Labute approximate surface area is 175 Å². The highest BCUT2D eigenvalue weighted by atomic mass is 32.2. The van der Waals surface area contributed by atoms with Crippen LogP contribution < -0.4 is 0 Å². The van der Waals surface area contributed by atoms with Crippen molar-refractivity contribution in [1.82, 2.24) is 0 Å². The molecule has 0 fully saturated rings. The van der Waals surface area contributed by atoms with Crippen molar-refractivity contribution >= 4 is 28.0 Å². The Hall–Kier alpha value is -2.03. The Morgan fingerprint density at radius 3 is 2.36 bits per heavy atom. The fourth-order valence-corrected chi connectivity index (χ4v) is 7.47. The van der Waals surface area contributed by atoms with E-state index in [-0.39, 0.29) is 15.9 Å². The molecule has 0 saturated heterocycles. The lowest BCUT2D eigenvalue weighted by Crippen LogP contribution is -2.40. The highest BCUT2D eigenvalue weighted by molar-refractivity contribution is 8.19. The van der Waals surface area contributed by atoms with Gasteiger partial charge in [0.1, 0.15) is 0 Å². The second-order valence-electron chi connectivity index (χ2n) is 7.66. The zero-order valence-electron chi connectivity index (χ0n) is 16.0. The van der Waals surface area contributed by atoms with Crippen LogP contribution >= 0.6 is 23.1 Å². The van der Waals surface area contributed by atoms with Crippen LogP contribution in [0.5, 0.6) is 0 Å². The van der Waals surface area contributed by atoms with Gasteiger partial charge in [0.2, 0.25) is 0 Å². The maximum Gasteiger partial charge on any atom is 0.0578 e. The summed E-state index contributed by atoms with van der Waals surface area (Å²) in [5.74, 6) is 1.39. The number of benzene rings is 2. The molecule has 0 saturated carbocycles. The molecule has 1 spiro atoms. The highest BCUT2D eigenvalue weighted by Crippen LogP contribution is 2.56. The molecule has 1 aliphatic carbocycles. The molecule has 0 N–H and O–H groups in total. The second kappa shape index (κ2) is 7.09. The SMILES string of the molecule is CC1/C=C\C/C(S)=C\CS2=C(C=CC=C2)C12c1ccccc1-c1ccccc12. The predicted molar refractivity (Wildman–Crippen MR) is 128 cm³/mol. The van der Waals surface area contributed by atoms with Crippen LogP contribution in [0, 0.1) is 5.92 Å². The van der Waals surface area contributed by atoms with E-state index in [2.05, 4.69) is 97.3 Å². The van der Waals surface area contributed by atoms with Gasteiger partial charge in [-0.3, -0.25) is 0 Å². The Kier molecular flexibility index (Phi) is 4.57. The molecule has 2 heterocycles. The summed E-state index contributed by atoms with van der Waals surface area (Å²) in [6.45, 7) is 2.39. The maximum absolute atomic E-state index is 4.70. The van der Waals surface area contributed by atoms with Crippen LogP contribution in [0.1, 0.15) is 24.5 Å². The van der Waals surface area contributed by atoms with Crippen LogP contribution in [-0.4, -0.2) is 10.6 Å². The van der Waals surface area contributed by atoms with Gasteiger partial charge < -0.3 is 0 Å². The quantitative estimate of drug-likeness (QED) is 0.278. The molecule has 140 valence electrons. The fourth-order valence-electron chi connectivity index (χ4n) is 4.98. The first kappa shape index (κ1) is 18.0. The topological polar surface area (TPSA) is 0 Å². The number of allylic oxidation sites excluding steroid dienone is 6. The van der Waals surface area contributed by atoms with Crippen LogP contribution in [0.2, 0.25) is 0 Å². The molecule has 2 aromatic carbocycles. The Bertz CT molecular complexity index is 1050. The van der Waals surface area contributed by atoms with Gasteiger partial charge in [-0.1, -0.05) is 91.9 Å². The number of hydrogen-bond donors (Lipinski definition) is 1. The van der Waals surface area contributed by atoms with E-state index >= 15 is 0 Å². The van der Waals surface area contributed by atoms with E-state index in [0.29, 0.717) is 5.92 Å². The second-order valence-corrected chi connectivity index (χ2v) is 10.1. The third-order valence-corrected chi connectivity index (χ3v) is 8.60. The van der Waals surface area contributed by atoms with Gasteiger partial charge in [-0.15, -0.1) is 12.6 Å². The van der Waals surface area contributed by atoms with E-state index in [4.69, 9.17) is 12.6 Å². The van der Waals surface area contributed by atoms with Crippen molar-refractivity contribution in [2.24, 2.45) is 5.92 Å². The zero-order valence-corrected chi connectivity index (χ0v) is 17.7. The molecule has 0 amide bonds. The first-order chi connectivity index (χ1) is 13.7. The summed E-state index contributed by atoms with van der Waals surface area (Å²) in [7, 11) is 0.0551. The average Bonchev–Trinajstić information content (AvgIpc) is 3.03. The molecule has 2 unspecified atom stereocenters. The van der Waals surface area contributed by atoms with Crippen LogP contribution in [0.15, 0.2) is 95.3 Å². The van der Waals surface area contributed by atoms with Crippen molar-refractivity contribution < 1.29 is 0 Å². The van der Waals surface area contributed by atoms with Crippen molar-refractivity contribution in [2.75, 3.05) is 5.75 Å². The summed E-state index contributed by atoms with van der Waals surface area (Å²) in [4.78, 5) is 2.70. The fraction of sp³-hybridized carbons (Fsp3) is 0.192. The standard InChI is InChI=1S/C26H24S2/c1-19-9-8-10-20(27)16-18-28-17-7-6-15-25(28)26(19)23-13-4-2-11-21(23)22-12-3-5-14-24(22)26/h2-9,11-17,19,27H,10,18H2,1H3/b9-8-,20-16+. The minimum absolute atomic E-state index is 0.0551. The summed E-state index contributed by atoms with van der Waals surface area (Å²) < 4.78 is 0. The molecule has 0 nitrogen and oxygen atoms in total. The lowest BCUT2D eigenvalue weighted by Gasteiger charge is -2.40. The van der Waals surface area contributed by atoms with Gasteiger partial charge in [-0.25, -0.2) is 0 Å². The molecule has 2 aromatic rings. The first-order valence-electron chi connectivity index (χ1n) is 9.89. The molecule has 2 aliphatic heterocycles. The number of hydrogen-bond acceptors (Lipinski definition) is 1. The van der Waals surface area contributed by atoms with Crippen molar-refractivity contribution in [2.45, 2.75) is 18.8 Å². The van der Waals surface area contributed by atoms with Crippen LogP contribution in [0.25, 0.3) is 11.1 Å². The largest absolute Gasteiger partial charge is 0.154 e. The van der Waals surface area contributed by atoms with Crippen LogP contribution in [-0.2, 0) is 5.41 Å². The summed E-state index contributed by atoms with van der Waals surface area (Å²) in [6.07, 6.45) is 14.8. The van der Waals surface area contributed by atoms with E-state index in [0.717, 1.165) is 12.2 Å². The van der Waals surface area contributed by atoms with E-state index in [1.54, 1.807) is 0 Å². The van der Waals surface area contributed by atoms with Gasteiger partial charge in [0, 0.05) is 5.75 Å². The van der Waals surface area contributed by atoms with Gasteiger partial charge in [0.25, 0.3) is 0 Å². The lowest BCUT2D eigenvalue weighted by molar-refractivity contribution is 0.549. The minimum Gasteiger partial charge on any atom is -0.154 e. The summed E-state index contributed by atoms with van der Waals surface area (Å²) in [5, 5.41) is 2.40. The molecule has 0 bridgehead atoms.